The molecule has 1 aliphatic heterocycles. The molecule has 0 radical (unpaired) electrons. The van der Waals surface area contributed by atoms with Crippen LogP contribution in [0.25, 0.3) is 0 Å². The number of hydrogen-bond donors (Lipinski definition) is 0. The fourth-order valence-electron chi connectivity index (χ4n) is 3.49. The molecule has 3 rings (SSSR count). The van der Waals surface area contributed by atoms with E-state index in [1.54, 1.807) is 13.8 Å². The summed E-state index contributed by atoms with van der Waals surface area (Å²) in [6.45, 7) is 7.42. The summed E-state index contributed by atoms with van der Waals surface area (Å²) < 4.78 is 16.5. The second-order valence-corrected chi connectivity index (χ2v) is 7.74. The molecule has 1 aliphatic rings. The molecule has 0 N–H and O–H groups in total. The van der Waals surface area contributed by atoms with Crippen LogP contribution in [0.15, 0.2) is 54.6 Å². The van der Waals surface area contributed by atoms with Crippen LogP contribution in [-0.4, -0.2) is 17.7 Å². The van der Waals surface area contributed by atoms with Gasteiger partial charge in [0.15, 0.2) is 5.92 Å². The van der Waals surface area contributed by atoms with E-state index in [2.05, 4.69) is 0 Å². The second-order valence-electron chi connectivity index (χ2n) is 7.74. The third-order valence-corrected chi connectivity index (χ3v) is 5.30. The van der Waals surface area contributed by atoms with Gasteiger partial charge in [0.05, 0.1) is 0 Å². The lowest BCUT2D eigenvalue weighted by Crippen LogP contribution is -2.53. The standard InChI is InChI=1S/C23H26O5/c1-5-23(4,19-20(24)27-22(2,3)28-21(19)25)17-11-13-18(14-12-17)26-15-16-9-7-6-8-10-16/h6-14,19H,5,15H2,1-4H3/t23-/m0/s1. The Hall–Kier alpha value is -2.82. The lowest BCUT2D eigenvalue weighted by Gasteiger charge is -2.41. The van der Waals surface area contributed by atoms with Crippen LogP contribution in [0.5, 0.6) is 5.75 Å². The van der Waals surface area contributed by atoms with E-state index < -0.39 is 29.1 Å². The topological polar surface area (TPSA) is 61.8 Å². The van der Waals surface area contributed by atoms with Crippen molar-refractivity contribution in [3.63, 3.8) is 0 Å². The molecule has 1 atom stereocenters. The molecular formula is C23H26O5. The van der Waals surface area contributed by atoms with Crippen molar-refractivity contribution in [2.75, 3.05) is 0 Å². The first-order chi connectivity index (χ1) is 13.2. The molecule has 0 bridgehead atoms. The lowest BCUT2D eigenvalue weighted by molar-refractivity contribution is -0.243. The summed E-state index contributed by atoms with van der Waals surface area (Å²) >= 11 is 0. The first-order valence-electron chi connectivity index (χ1n) is 9.48. The zero-order chi connectivity index (χ0) is 20.4. The van der Waals surface area contributed by atoms with Gasteiger partial charge in [-0.25, -0.2) is 0 Å². The van der Waals surface area contributed by atoms with Gasteiger partial charge in [0.25, 0.3) is 5.79 Å². The van der Waals surface area contributed by atoms with Gasteiger partial charge in [-0.15, -0.1) is 0 Å². The first-order valence-corrected chi connectivity index (χ1v) is 9.48. The van der Waals surface area contributed by atoms with Gasteiger partial charge in [0.2, 0.25) is 0 Å². The molecule has 0 aliphatic carbocycles. The van der Waals surface area contributed by atoms with Crippen LogP contribution in [-0.2, 0) is 31.1 Å². The van der Waals surface area contributed by atoms with Crippen LogP contribution in [0.2, 0.25) is 0 Å². The van der Waals surface area contributed by atoms with Gasteiger partial charge in [-0.1, -0.05) is 56.3 Å². The van der Waals surface area contributed by atoms with E-state index in [9.17, 15) is 9.59 Å². The number of cyclic esters (lactones) is 2. The monoisotopic (exact) mass is 382 g/mol. The summed E-state index contributed by atoms with van der Waals surface area (Å²) in [7, 11) is 0. The Kier molecular flexibility index (Phi) is 5.45. The smallest absolute Gasteiger partial charge is 0.324 e. The van der Waals surface area contributed by atoms with Gasteiger partial charge >= 0.3 is 11.9 Å². The molecule has 2 aromatic carbocycles. The fourth-order valence-corrected chi connectivity index (χ4v) is 3.49. The first kappa shape index (κ1) is 19.9. The second kappa shape index (κ2) is 7.66. The summed E-state index contributed by atoms with van der Waals surface area (Å²) in [5.41, 5.74) is 1.21. The fraction of sp³-hybridized carbons (Fsp3) is 0.391. The number of carbonyl (C=O) groups excluding carboxylic acids is 2. The Bertz CT molecular complexity index is 821. The van der Waals surface area contributed by atoms with Crippen LogP contribution in [0, 0.1) is 5.92 Å². The van der Waals surface area contributed by atoms with Gasteiger partial charge in [-0.2, -0.15) is 0 Å². The Labute approximate surface area is 165 Å². The highest BCUT2D eigenvalue weighted by Gasteiger charge is 2.52. The summed E-state index contributed by atoms with van der Waals surface area (Å²) in [5.74, 6) is -2.60. The van der Waals surface area contributed by atoms with Crippen LogP contribution in [0.4, 0.5) is 0 Å². The molecule has 5 heteroatoms. The highest BCUT2D eigenvalue weighted by Crippen LogP contribution is 2.41. The molecule has 28 heavy (non-hydrogen) atoms. The molecule has 1 heterocycles. The van der Waals surface area contributed by atoms with Crippen LogP contribution in [0.3, 0.4) is 0 Å². The van der Waals surface area contributed by atoms with Crippen molar-refractivity contribution >= 4 is 11.9 Å². The Morgan fingerprint density at radius 3 is 2.07 bits per heavy atom. The van der Waals surface area contributed by atoms with E-state index in [1.165, 1.54) is 0 Å². The zero-order valence-electron chi connectivity index (χ0n) is 16.7. The Morgan fingerprint density at radius 2 is 1.54 bits per heavy atom. The molecule has 5 nitrogen and oxygen atoms in total. The number of rotatable bonds is 6. The Morgan fingerprint density at radius 1 is 0.964 bits per heavy atom. The number of carbonyl (C=O) groups is 2. The van der Waals surface area contributed by atoms with E-state index >= 15 is 0 Å². The highest BCUT2D eigenvalue weighted by molar-refractivity contribution is 5.98. The van der Waals surface area contributed by atoms with Gasteiger partial charge in [-0.05, 0) is 29.7 Å². The maximum absolute atomic E-state index is 12.6. The van der Waals surface area contributed by atoms with Gasteiger partial charge in [0, 0.05) is 19.3 Å². The maximum Gasteiger partial charge on any atom is 0.324 e. The normalized spacial score (nSPS) is 18.7. The quantitative estimate of drug-likeness (QED) is 0.548. The summed E-state index contributed by atoms with van der Waals surface area (Å²) in [4.78, 5) is 25.2. The predicted molar refractivity (Wildman–Crippen MR) is 105 cm³/mol. The number of benzene rings is 2. The van der Waals surface area contributed by atoms with Crippen LogP contribution in [0.1, 0.15) is 45.2 Å². The summed E-state index contributed by atoms with van der Waals surface area (Å²) in [6.07, 6.45) is 0.576. The molecule has 2 aromatic rings. The number of esters is 2. The van der Waals surface area contributed by atoms with E-state index in [0.717, 1.165) is 16.9 Å². The number of ether oxygens (including phenoxy) is 3. The largest absolute Gasteiger partial charge is 0.489 e. The highest BCUT2D eigenvalue weighted by atomic mass is 16.7. The lowest BCUT2D eigenvalue weighted by atomic mass is 9.69. The van der Waals surface area contributed by atoms with E-state index in [4.69, 9.17) is 14.2 Å². The molecule has 0 saturated carbocycles. The third-order valence-electron chi connectivity index (χ3n) is 5.30. The van der Waals surface area contributed by atoms with Crippen LogP contribution >= 0.6 is 0 Å². The predicted octanol–water partition coefficient (Wildman–Crippen LogP) is 4.39. The van der Waals surface area contributed by atoms with Crippen molar-refractivity contribution in [3.8, 4) is 5.75 Å². The molecule has 1 fully saturated rings. The van der Waals surface area contributed by atoms with Crippen molar-refractivity contribution < 1.29 is 23.8 Å². The van der Waals surface area contributed by atoms with Crippen molar-refractivity contribution in [1.29, 1.82) is 0 Å². The van der Waals surface area contributed by atoms with Crippen molar-refractivity contribution in [2.24, 2.45) is 5.92 Å². The van der Waals surface area contributed by atoms with Crippen LogP contribution < -0.4 is 4.74 Å². The van der Waals surface area contributed by atoms with Gasteiger partial charge in [-0.3, -0.25) is 9.59 Å². The van der Waals surface area contributed by atoms with E-state index in [0.29, 0.717) is 13.0 Å². The summed E-state index contributed by atoms with van der Waals surface area (Å²) in [5, 5.41) is 0. The van der Waals surface area contributed by atoms with Crippen molar-refractivity contribution in [1.82, 2.24) is 0 Å². The molecule has 0 amide bonds. The number of hydrogen-bond acceptors (Lipinski definition) is 5. The van der Waals surface area contributed by atoms with E-state index in [-0.39, 0.29) is 0 Å². The maximum atomic E-state index is 12.6. The molecule has 0 spiro atoms. The van der Waals surface area contributed by atoms with Crippen molar-refractivity contribution in [2.45, 2.75) is 51.9 Å². The molecule has 0 unspecified atom stereocenters. The average Bonchev–Trinajstić information content (AvgIpc) is 2.65. The molecule has 148 valence electrons. The minimum atomic E-state index is -1.23. The minimum Gasteiger partial charge on any atom is -0.489 e. The molecule has 1 saturated heterocycles. The molecular weight excluding hydrogens is 356 g/mol. The SMILES string of the molecule is CC[C@@](C)(c1ccc(OCc2ccccc2)cc1)C1C(=O)OC(C)(C)OC1=O. The third kappa shape index (κ3) is 4.03. The van der Waals surface area contributed by atoms with Gasteiger partial charge < -0.3 is 14.2 Å². The summed E-state index contributed by atoms with van der Waals surface area (Å²) in [6, 6.07) is 17.4. The average molecular weight is 382 g/mol. The molecule has 0 aromatic heterocycles. The zero-order valence-corrected chi connectivity index (χ0v) is 16.7. The minimum absolute atomic E-state index is 0.474. The van der Waals surface area contributed by atoms with Gasteiger partial charge in [0.1, 0.15) is 12.4 Å². The Balaban J connectivity index is 1.78. The van der Waals surface area contributed by atoms with E-state index in [1.807, 2.05) is 68.4 Å². The van der Waals surface area contributed by atoms with Crippen molar-refractivity contribution in [3.05, 3.63) is 65.7 Å².